The van der Waals surface area contributed by atoms with E-state index in [1.807, 2.05) is 54.6 Å². The number of carbonyl (C=O) groups excluding carboxylic acids is 3. The van der Waals surface area contributed by atoms with Gasteiger partial charge in [0.1, 0.15) is 22.8 Å². The van der Waals surface area contributed by atoms with Gasteiger partial charge in [0.05, 0.1) is 5.56 Å². The van der Waals surface area contributed by atoms with Crippen LogP contribution in [0.2, 0.25) is 0 Å². The molecule has 1 amide bonds. The first kappa shape index (κ1) is 27.4. The molecule has 7 N–H and O–H groups in total. The number of ketones is 2. The van der Waals surface area contributed by atoms with Crippen LogP contribution in [0.1, 0.15) is 39.9 Å². The second kappa shape index (κ2) is 10.3. The van der Waals surface area contributed by atoms with E-state index in [2.05, 4.69) is 5.32 Å². The normalized spacial score (nSPS) is 23.4. The summed E-state index contributed by atoms with van der Waals surface area (Å²) in [6, 6.07) is 21.1. The number of hydrogen-bond acceptors (Lipinski definition) is 8. The fourth-order valence-electron chi connectivity index (χ4n) is 6.69. The maximum absolute atomic E-state index is 13.8. The van der Waals surface area contributed by atoms with Crippen molar-refractivity contribution in [2.45, 2.75) is 38.0 Å². The number of Topliss-reactive ketones (excluding diaryl/α,β-unsaturated/α-hetero) is 2. The number of aromatic hydroxyl groups is 1. The molecule has 3 aromatic carbocycles. The first-order chi connectivity index (χ1) is 20.1. The van der Waals surface area contributed by atoms with Gasteiger partial charge in [0.25, 0.3) is 5.91 Å². The Morgan fingerprint density at radius 1 is 0.929 bits per heavy atom. The Kier molecular flexibility index (Phi) is 6.71. The van der Waals surface area contributed by atoms with E-state index < -0.39 is 52.0 Å². The van der Waals surface area contributed by atoms with E-state index in [1.54, 1.807) is 6.07 Å². The molecular weight excluding hydrogens is 536 g/mol. The Balaban J connectivity index is 1.35. The molecule has 3 aliphatic rings. The number of hydrogen-bond donors (Lipinski definition) is 6. The minimum absolute atomic E-state index is 0.00303. The monoisotopic (exact) mass is 566 g/mol. The Labute approximate surface area is 241 Å². The topological polar surface area (TPSA) is 170 Å². The third-order valence-electron chi connectivity index (χ3n) is 8.68. The Morgan fingerprint density at radius 3 is 2.38 bits per heavy atom. The van der Waals surface area contributed by atoms with E-state index in [0.29, 0.717) is 18.7 Å². The summed E-state index contributed by atoms with van der Waals surface area (Å²) in [7, 11) is 0. The number of primary amides is 1. The molecule has 0 heterocycles. The summed E-state index contributed by atoms with van der Waals surface area (Å²) in [4.78, 5) is 38.8. The number of phenolic OH excluding ortho intramolecular Hbond substituents is 1. The Hall–Kier alpha value is -4.73. The smallest absolute Gasteiger partial charge is 0.255 e. The number of aliphatic hydroxyl groups is 3. The molecule has 0 aliphatic heterocycles. The molecule has 214 valence electrons. The average Bonchev–Trinajstić information content (AvgIpc) is 2.95. The van der Waals surface area contributed by atoms with Crippen molar-refractivity contribution in [3.8, 4) is 16.9 Å². The van der Waals surface area contributed by atoms with E-state index in [0.717, 1.165) is 16.7 Å². The van der Waals surface area contributed by atoms with Crippen molar-refractivity contribution in [3.05, 3.63) is 112 Å². The summed E-state index contributed by atoms with van der Waals surface area (Å²) in [5.74, 6) is -6.41. The van der Waals surface area contributed by atoms with Crippen LogP contribution in [0.4, 0.5) is 0 Å². The molecule has 3 atom stereocenters. The fourth-order valence-corrected chi connectivity index (χ4v) is 6.69. The zero-order chi connectivity index (χ0) is 29.8. The van der Waals surface area contributed by atoms with E-state index in [-0.39, 0.29) is 36.1 Å². The molecule has 0 radical (unpaired) electrons. The summed E-state index contributed by atoms with van der Waals surface area (Å²) in [6.45, 7) is 1.32. The summed E-state index contributed by atoms with van der Waals surface area (Å²) in [5.41, 5.74) is 6.11. The highest BCUT2D eigenvalue weighted by Gasteiger charge is 2.59. The molecule has 0 fully saturated rings. The Bertz CT molecular complexity index is 1710. The van der Waals surface area contributed by atoms with Crippen molar-refractivity contribution < 1.29 is 34.8 Å². The van der Waals surface area contributed by atoms with Gasteiger partial charge in [-0.2, -0.15) is 0 Å². The van der Waals surface area contributed by atoms with Gasteiger partial charge in [-0.05, 0) is 58.7 Å². The minimum Gasteiger partial charge on any atom is -0.511 e. The van der Waals surface area contributed by atoms with Gasteiger partial charge >= 0.3 is 0 Å². The molecule has 0 unspecified atom stereocenters. The van der Waals surface area contributed by atoms with Crippen LogP contribution in [0.25, 0.3) is 11.1 Å². The van der Waals surface area contributed by atoms with E-state index in [1.165, 1.54) is 11.6 Å². The lowest BCUT2D eigenvalue weighted by atomic mass is 9.60. The third-order valence-corrected chi connectivity index (χ3v) is 8.68. The predicted molar refractivity (Wildman–Crippen MR) is 153 cm³/mol. The number of allylic oxidation sites excluding steroid dienone is 2. The van der Waals surface area contributed by atoms with Crippen molar-refractivity contribution in [3.63, 3.8) is 0 Å². The number of fused-ring (bicyclic) bond motifs is 3. The summed E-state index contributed by atoms with van der Waals surface area (Å²) < 4.78 is 0. The van der Waals surface area contributed by atoms with E-state index >= 15 is 0 Å². The van der Waals surface area contributed by atoms with Crippen LogP contribution in [0.5, 0.6) is 5.75 Å². The highest BCUT2D eigenvalue weighted by atomic mass is 16.3. The number of rotatable bonds is 6. The number of nitrogens with one attached hydrogen (secondary N) is 1. The number of benzene rings is 3. The largest absolute Gasteiger partial charge is 0.511 e. The quantitative estimate of drug-likeness (QED) is 0.246. The molecule has 0 saturated heterocycles. The van der Waals surface area contributed by atoms with Crippen LogP contribution in [-0.4, -0.2) is 43.5 Å². The highest BCUT2D eigenvalue weighted by molar-refractivity contribution is 6.24. The van der Waals surface area contributed by atoms with Gasteiger partial charge in [-0.3, -0.25) is 14.4 Å². The van der Waals surface area contributed by atoms with Crippen molar-refractivity contribution in [1.82, 2.24) is 5.32 Å². The SMILES string of the molecule is NC(=O)C1=C(O)C[C@@H]2C[C@@H]3Cc4c(-c5cccc(CNCc6ccccc6)c5)ccc(O)c4C(=O)C3=C(O)[C@]2(O)C1=O. The summed E-state index contributed by atoms with van der Waals surface area (Å²) in [5, 5.41) is 47.2. The maximum atomic E-state index is 13.8. The van der Waals surface area contributed by atoms with Crippen molar-refractivity contribution in [2.75, 3.05) is 0 Å². The minimum atomic E-state index is -2.58. The highest BCUT2D eigenvalue weighted by Crippen LogP contribution is 2.52. The van der Waals surface area contributed by atoms with Gasteiger partial charge in [0, 0.05) is 31.0 Å². The van der Waals surface area contributed by atoms with Crippen LogP contribution in [-0.2, 0) is 29.1 Å². The molecule has 0 saturated carbocycles. The van der Waals surface area contributed by atoms with Gasteiger partial charge in [-0.15, -0.1) is 0 Å². The zero-order valence-corrected chi connectivity index (χ0v) is 22.6. The average molecular weight is 567 g/mol. The van der Waals surface area contributed by atoms with E-state index in [9.17, 15) is 34.8 Å². The second-order valence-electron chi connectivity index (χ2n) is 11.2. The van der Waals surface area contributed by atoms with Gasteiger partial charge in [0.15, 0.2) is 11.4 Å². The van der Waals surface area contributed by atoms with Crippen molar-refractivity contribution in [2.24, 2.45) is 17.6 Å². The van der Waals surface area contributed by atoms with Gasteiger partial charge in [-0.25, -0.2) is 0 Å². The molecule has 9 nitrogen and oxygen atoms in total. The van der Waals surface area contributed by atoms with Crippen molar-refractivity contribution >= 4 is 17.5 Å². The standard InChI is InChI=1S/C33H30N2O7/c34-32(41)28-25(37)14-21-12-20-13-23-22(19-8-4-7-18(11-19)16-35-15-17-5-2-1-3-6-17)9-10-24(36)27(23)29(38)26(20)30(39)33(21,42)31(28)40/h1-11,20-21,35-37,39,42H,12-16H2,(H2,34,41)/t20-,21+,33+/m1/s1. The molecule has 0 aromatic heterocycles. The molecule has 0 bridgehead atoms. The molecule has 0 spiro atoms. The molecular formula is C33H30N2O7. The van der Waals surface area contributed by atoms with Crippen LogP contribution in [0.15, 0.2) is 89.4 Å². The third kappa shape index (κ3) is 4.29. The first-order valence-electron chi connectivity index (χ1n) is 13.8. The summed E-state index contributed by atoms with van der Waals surface area (Å²) >= 11 is 0. The van der Waals surface area contributed by atoms with Crippen molar-refractivity contribution in [1.29, 1.82) is 0 Å². The number of amides is 1. The lowest BCUT2D eigenvalue weighted by Crippen LogP contribution is -2.57. The van der Waals surface area contributed by atoms with Crippen LogP contribution >= 0.6 is 0 Å². The van der Waals surface area contributed by atoms with E-state index in [4.69, 9.17) is 5.73 Å². The van der Waals surface area contributed by atoms with Gasteiger partial charge in [-0.1, -0.05) is 54.6 Å². The first-order valence-corrected chi connectivity index (χ1v) is 13.8. The lowest BCUT2D eigenvalue weighted by Gasteiger charge is -2.45. The van der Waals surface area contributed by atoms with Gasteiger partial charge < -0.3 is 31.5 Å². The Morgan fingerprint density at radius 2 is 1.64 bits per heavy atom. The molecule has 42 heavy (non-hydrogen) atoms. The maximum Gasteiger partial charge on any atom is 0.255 e. The lowest BCUT2D eigenvalue weighted by molar-refractivity contribution is -0.144. The number of carbonyl (C=O) groups is 3. The number of nitrogens with two attached hydrogens (primary N) is 1. The fraction of sp³-hybridized carbons (Fsp3) is 0.242. The number of phenols is 1. The van der Waals surface area contributed by atoms with Crippen LogP contribution in [0, 0.1) is 11.8 Å². The van der Waals surface area contributed by atoms with Gasteiger partial charge in [0.2, 0.25) is 5.78 Å². The number of aliphatic hydroxyl groups excluding tert-OH is 2. The zero-order valence-electron chi connectivity index (χ0n) is 22.6. The molecule has 3 aliphatic carbocycles. The molecule has 3 aromatic rings. The van der Waals surface area contributed by atoms with Crippen LogP contribution in [0.3, 0.4) is 0 Å². The predicted octanol–water partition coefficient (Wildman–Crippen LogP) is 3.54. The molecule has 6 rings (SSSR count). The second-order valence-corrected chi connectivity index (χ2v) is 11.2. The molecule has 9 heteroatoms. The van der Waals surface area contributed by atoms with Crippen LogP contribution < -0.4 is 11.1 Å². The summed E-state index contributed by atoms with van der Waals surface area (Å²) in [6.07, 6.45) is 0.0659.